The number of benzene rings is 1. The summed E-state index contributed by atoms with van der Waals surface area (Å²) < 4.78 is 0. The molecule has 0 unspecified atom stereocenters. The van der Waals surface area contributed by atoms with E-state index in [1.54, 1.807) is 4.90 Å². The van der Waals surface area contributed by atoms with Crippen LogP contribution in [-0.4, -0.2) is 32.4 Å². The molecule has 4 rings (SSSR count). The number of nitrogens with one attached hydrogen (secondary N) is 2. The Bertz CT molecular complexity index is 861. The fourth-order valence-corrected chi connectivity index (χ4v) is 2.57. The van der Waals surface area contributed by atoms with E-state index in [0.717, 1.165) is 11.4 Å². The van der Waals surface area contributed by atoms with Gasteiger partial charge >= 0.3 is 0 Å². The molecule has 0 fully saturated rings. The van der Waals surface area contributed by atoms with Crippen LogP contribution < -0.4 is 10.2 Å². The van der Waals surface area contributed by atoms with Crippen molar-refractivity contribution in [3.8, 4) is 0 Å². The molecule has 0 spiro atoms. The standard InChI is InChI=1S/C13H9ClN6O/c14-13-18-11-10(15-6-16-11)12(19-13)20-5-9(21)17-7-3-1-2-4-8(7)20/h1-4,6H,5H2,(H,17,21)(H,15,16,18,19). The van der Waals surface area contributed by atoms with E-state index in [9.17, 15) is 4.79 Å². The van der Waals surface area contributed by atoms with Gasteiger partial charge in [0, 0.05) is 0 Å². The number of aromatic amines is 1. The maximum Gasteiger partial charge on any atom is 0.244 e. The highest BCUT2D eigenvalue weighted by Gasteiger charge is 2.26. The Labute approximate surface area is 124 Å². The molecule has 1 aliphatic rings. The molecule has 0 radical (unpaired) electrons. The number of hydrogen-bond donors (Lipinski definition) is 2. The number of nitrogens with zero attached hydrogens (tertiary/aromatic N) is 4. The zero-order valence-electron chi connectivity index (χ0n) is 10.7. The Kier molecular flexibility index (Phi) is 2.55. The van der Waals surface area contributed by atoms with E-state index in [1.807, 2.05) is 24.3 Å². The fourth-order valence-electron chi connectivity index (χ4n) is 2.41. The molecule has 2 aromatic heterocycles. The molecule has 21 heavy (non-hydrogen) atoms. The Morgan fingerprint density at radius 1 is 1.24 bits per heavy atom. The number of fused-ring (bicyclic) bond motifs is 2. The summed E-state index contributed by atoms with van der Waals surface area (Å²) >= 11 is 5.96. The number of rotatable bonds is 1. The lowest BCUT2D eigenvalue weighted by Crippen LogP contribution is -2.35. The van der Waals surface area contributed by atoms with Crippen LogP contribution in [0, 0.1) is 0 Å². The number of carbonyl (C=O) groups excluding carboxylic acids is 1. The van der Waals surface area contributed by atoms with Crippen LogP contribution in [0.15, 0.2) is 30.6 Å². The van der Waals surface area contributed by atoms with Crippen molar-refractivity contribution in [3.63, 3.8) is 0 Å². The molecule has 0 saturated carbocycles. The highest BCUT2D eigenvalue weighted by atomic mass is 35.5. The minimum atomic E-state index is -0.115. The van der Waals surface area contributed by atoms with Crippen LogP contribution in [0.1, 0.15) is 0 Å². The molecule has 8 heteroatoms. The molecule has 1 aromatic carbocycles. The minimum Gasteiger partial charge on any atom is -0.340 e. The lowest BCUT2D eigenvalue weighted by Gasteiger charge is -2.30. The molecule has 3 aromatic rings. The van der Waals surface area contributed by atoms with Gasteiger partial charge in [0.25, 0.3) is 0 Å². The van der Waals surface area contributed by atoms with Gasteiger partial charge in [-0.25, -0.2) is 4.98 Å². The van der Waals surface area contributed by atoms with E-state index < -0.39 is 0 Å². The highest BCUT2D eigenvalue weighted by molar-refractivity contribution is 6.28. The van der Waals surface area contributed by atoms with Gasteiger partial charge in [-0.05, 0) is 23.7 Å². The minimum absolute atomic E-state index is 0.0908. The lowest BCUT2D eigenvalue weighted by atomic mass is 10.2. The number of carbonyl (C=O) groups is 1. The summed E-state index contributed by atoms with van der Waals surface area (Å²) in [5, 5.41) is 2.92. The summed E-state index contributed by atoms with van der Waals surface area (Å²) in [6.45, 7) is 0.151. The zero-order chi connectivity index (χ0) is 14.4. The fraction of sp³-hybridized carbons (Fsp3) is 0.0769. The second-order valence-corrected chi connectivity index (χ2v) is 4.91. The van der Waals surface area contributed by atoms with Crippen LogP contribution in [0.4, 0.5) is 17.2 Å². The molecular weight excluding hydrogens is 292 g/mol. The van der Waals surface area contributed by atoms with Crippen molar-refractivity contribution in [2.45, 2.75) is 0 Å². The Morgan fingerprint density at radius 3 is 3.00 bits per heavy atom. The van der Waals surface area contributed by atoms with Crippen molar-refractivity contribution in [2.24, 2.45) is 0 Å². The van der Waals surface area contributed by atoms with E-state index >= 15 is 0 Å². The maximum atomic E-state index is 11.9. The van der Waals surface area contributed by atoms with Crippen LogP contribution in [0.25, 0.3) is 11.2 Å². The first-order valence-corrected chi connectivity index (χ1v) is 6.63. The molecule has 0 saturated heterocycles. The van der Waals surface area contributed by atoms with Crippen molar-refractivity contribution in [3.05, 3.63) is 35.9 Å². The molecule has 0 aliphatic carbocycles. The first-order valence-electron chi connectivity index (χ1n) is 6.25. The summed E-state index contributed by atoms with van der Waals surface area (Å²) in [6.07, 6.45) is 1.52. The molecule has 1 amide bonds. The molecule has 1 aliphatic heterocycles. The summed E-state index contributed by atoms with van der Waals surface area (Å²) in [6, 6.07) is 7.51. The molecular formula is C13H9ClN6O. The molecule has 7 nitrogen and oxygen atoms in total. The monoisotopic (exact) mass is 300 g/mol. The molecule has 0 bridgehead atoms. The van der Waals surface area contributed by atoms with E-state index in [-0.39, 0.29) is 17.7 Å². The summed E-state index contributed by atoms with van der Waals surface area (Å²) in [5.41, 5.74) is 2.69. The van der Waals surface area contributed by atoms with Gasteiger partial charge < -0.3 is 15.2 Å². The predicted octanol–water partition coefficient (Wildman–Crippen LogP) is 2.10. The van der Waals surface area contributed by atoms with Gasteiger partial charge in [0.15, 0.2) is 11.5 Å². The van der Waals surface area contributed by atoms with Crippen molar-refractivity contribution < 1.29 is 4.79 Å². The lowest BCUT2D eigenvalue weighted by molar-refractivity contribution is -0.115. The predicted molar refractivity (Wildman–Crippen MR) is 78.8 cm³/mol. The van der Waals surface area contributed by atoms with E-state index in [2.05, 4.69) is 25.3 Å². The van der Waals surface area contributed by atoms with Gasteiger partial charge in [-0.1, -0.05) is 12.1 Å². The third-order valence-electron chi connectivity index (χ3n) is 3.27. The number of amides is 1. The summed E-state index contributed by atoms with van der Waals surface area (Å²) in [4.78, 5) is 29.1. The van der Waals surface area contributed by atoms with Gasteiger partial charge in [0.05, 0.1) is 17.7 Å². The molecule has 2 N–H and O–H groups in total. The van der Waals surface area contributed by atoms with Gasteiger partial charge in [-0.15, -0.1) is 0 Å². The molecule has 0 atom stereocenters. The van der Waals surface area contributed by atoms with Crippen LogP contribution in [0.2, 0.25) is 5.28 Å². The van der Waals surface area contributed by atoms with Crippen molar-refractivity contribution in [1.29, 1.82) is 0 Å². The quantitative estimate of drug-likeness (QED) is 0.672. The van der Waals surface area contributed by atoms with E-state index in [1.165, 1.54) is 6.33 Å². The smallest absolute Gasteiger partial charge is 0.244 e. The number of aromatic nitrogens is 4. The number of H-pyrrole nitrogens is 1. The second-order valence-electron chi connectivity index (χ2n) is 4.57. The number of hydrogen-bond acceptors (Lipinski definition) is 5. The SMILES string of the molecule is O=C1CN(c2nc(Cl)nc3nc[nH]c23)c2ccccc2N1. The van der Waals surface area contributed by atoms with Crippen LogP contribution in [0.5, 0.6) is 0 Å². The zero-order valence-corrected chi connectivity index (χ0v) is 11.4. The first-order chi connectivity index (χ1) is 10.2. The molecule has 104 valence electrons. The van der Waals surface area contributed by atoms with Crippen molar-refractivity contribution in [2.75, 3.05) is 16.8 Å². The summed E-state index contributed by atoms with van der Waals surface area (Å²) in [5.74, 6) is 0.418. The first kappa shape index (κ1) is 12.1. The molecule has 3 heterocycles. The van der Waals surface area contributed by atoms with E-state index in [4.69, 9.17) is 11.6 Å². The normalized spacial score (nSPS) is 14.1. The Hall–Kier alpha value is -2.67. The number of imidazole rings is 1. The average Bonchev–Trinajstić information content (AvgIpc) is 2.93. The largest absolute Gasteiger partial charge is 0.340 e. The van der Waals surface area contributed by atoms with Crippen LogP contribution in [-0.2, 0) is 4.79 Å². The highest BCUT2D eigenvalue weighted by Crippen LogP contribution is 2.36. The third-order valence-corrected chi connectivity index (χ3v) is 3.43. The summed E-state index contributed by atoms with van der Waals surface area (Å²) in [7, 11) is 0. The van der Waals surface area contributed by atoms with Gasteiger partial charge in [0.1, 0.15) is 12.1 Å². The van der Waals surface area contributed by atoms with E-state index in [0.29, 0.717) is 17.0 Å². The average molecular weight is 301 g/mol. The van der Waals surface area contributed by atoms with Crippen molar-refractivity contribution >= 4 is 45.9 Å². The Balaban J connectivity index is 1.96. The van der Waals surface area contributed by atoms with Gasteiger partial charge in [-0.2, -0.15) is 9.97 Å². The van der Waals surface area contributed by atoms with Gasteiger partial charge in [-0.3, -0.25) is 4.79 Å². The third kappa shape index (κ3) is 1.90. The Morgan fingerprint density at radius 2 is 2.10 bits per heavy atom. The number of halogens is 1. The number of anilines is 3. The second kappa shape index (κ2) is 4.42. The maximum absolute atomic E-state index is 11.9. The topological polar surface area (TPSA) is 86.8 Å². The van der Waals surface area contributed by atoms with Crippen LogP contribution >= 0.6 is 11.6 Å². The number of para-hydroxylation sites is 2. The van der Waals surface area contributed by atoms with Gasteiger partial charge in [0.2, 0.25) is 11.2 Å². The van der Waals surface area contributed by atoms with Crippen molar-refractivity contribution in [1.82, 2.24) is 19.9 Å². The van der Waals surface area contributed by atoms with Crippen LogP contribution in [0.3, 0.4) is 0 Å².